The summed E-state index contributed by atoms with van der Waals surface area (Å²) in [5.41, 5.74) is 1.52. The summed E-state index contributed by atoms with van der Waals surface area (Å²) in [5, 5.41) is 0.585. The van der Waals surface area contributed by atoms with Crippen LogP contribution in [0.5, 0.6) is 0 Å². The molecule has 3 heterocycles. The van der Waals surface area contributed by atoms with Gasteiger partial charge in [-0.15, -0.1) is 5.06 Å². The number of carbonyl (C=O) groups excluding carboxylic acids is 3. The fraction of sp³-hybridized carbons (Fsp3) is 0.500. The molecule has 1 aromatic carbocycles. The first-order valence-corrected chi connectivity index (χ1v) is 9.44. The van der Waals surface area contributed by atoms with Gasteiger partial charge in [-0.1, -0.05) is 24.3 Å². The zero-order valence-electron chi connectivity index (χ0n) is 15.4. The van der Waals surface area contributed by atoms with Crippen molar-refractivity contribution in [2.75, 3.05) is 19.7 Å². The van der Waals surface area contributed by atoms with Gasteiger partial charge in [0.1, 0.15) is 0 Å². The first kappa shape index (κ1) is 18.4. The van der Waals surface area contributed by atoms with Crippen LogP contribution in [-0.2, 0) is 19.2 Å². The second-order valence-electron chi connectivity index (χ2n) is 7.52. The van der Waals surface area contributed by atoms with Crippen molar-refractivity contribution in [1.82, 2.24) is 9.96 Å². The molecule has 0 saturated carbocycles. The van der Waals surface area contributed by atoms with E-state index in [1.807, 2.05) is 24.3 Å². The highest BCUT2D eigenvalue weighted by molar-refractivity contribution is 6.01. The van der Waals surface area contributed by atoms with Crippen LogP contribution < -0.4 is 0 Å². The second kappa shape index (κ2) is 7.24. The largest absolute Gasteiger partial charge is 0.434 e. The fourth-order valence-corrected chi connectivity index (χ4v) is 4.12. The predicted molar refractivity (Wildman–Crippen MR) is 97.1 cm³/mol. The van der Waals surface area contributed by atoms with Gasteiger partial charge in [0.2, 0.25) is 0 Å². The van der Waals surface area contributed by atoms with E-state index in [0.29, 0.717) is 43.3 Å². The van der Waals surface area contributed by atoms with Crippen LogP contribution in [0.3, 0.4) is 0 Å². The molecule has 8 nitrogen and oxygen atoms in total. The Morgan fingerprint density at radius 1 is 1.14 bits per heavy atom. The number of amides is 3. The van der Waals surface area contributed by atoms with Crippen LogP contribution >= 0.6 is 0 Å². The van der Waals surface area contributed by atoms with E-state index >= 15 is 0 Å². The Hall–Kier alpha value is -2.92. The zero-order valence-corrected chi connectivity index (χ0v) is 15.4. The highest BCUT2D eigenvalue weighted by Gasteiger charge is 2.44. The second-order valence-corrected chi connectivity index (χ2v) is 7.52. The maximum atomic E-state index is 12.3. The van der Waals surface area contributed by atoms with Crippen molar-refractivity contribution in [2.45, 2.75) is 43.6 Å². The molecule has 3 aliphatic heterocycles. The minimum atomic E-state index is -0.664. The molecule has 0 bridgehead atoms. The third-order valence-electron chi connectivity index (χ3n) is 5.81. The molecule has 28 heavy (non-hydrogen) atoms. The van der Waals surface area contributed by atoms with Gasteiger partial charge in [-0.25, -0.2) is 9.64 Å². The van der Waals surface area contributed by atoms with Crippen molar-refractivity contribution < 1.29 is 24.0 Å². The van der Waals surface area contributed by atoms with Gasteiger partial charge in [0, 0.05) is 31.8 Å². The van der Waals surface area contributed by atoms with E-state index in [9.17, 15) is 14.4 Å². The normalized spacial score (nSPS) is 23.9. The first-order chi connectivity index (χ1) is 13.5. The SMILES string of the molecule is [C-]#[N+]c1ccc(C2COC3(CCN(C(=O)ON4C(=O)CCC4=O)CC3)C2)cc1. The highest BCUT2D eigenvalue weighted by Crippen LogP contribution is 2.43. The Morgan fingerprint density at radius 2 is 1.79 bits per heavy atom. The summed E-state index contributed by atoms with van der Waals surface area (Å²) in [7, 11) is 0. The number of carbonyl (C=O) groups is 3. The van der Waals surface area contributed by atoms with Gasteiger partial charge in [-0.2, -0.15) is 0 Å². The molecular weight excluding hydrogens is 362 g/mol. The average molecular weight is 383 g/mol. The molecule has 146 valence electrons. The van der Waals surface area contributed by atoms with Crippen molar-refractivity contribution in [3.63, 3.8) is 0 Å². The smallest absolute Gasteiger partial charge is 0.374 e. The van der Waals surface area contributed by atoms with E-state index in [2.05, 4.69) is 4.85 Å². The molecule has 1 atom stereocenters. The van der Waals surface area contributed by atoms with Gasteiger partial charge < -0.3 is 14.5 Å². The maximum absolute atomic E-state index is 12.3. The van der Waals surface area contributed by atoms with Crippen molar-refractivity contribution in [1.29, 1.82) is 0 Å². The van der Waals surface area contributed by atoms with E-state index in [0.717, 1.165) is 12.0 Å². The molecule has 0 aromatic heterocycles. The molecule has 1 unspecified atom stereocenters. The lowest BCUT2D eigenvalue weighted by molar-refractivity contribution is -0.174. The van der Waals surface area contributed by atoms with Crippen LogP contribution in [0.15, 0.2) is 24.3 Å². The molecule has 1 aromatic rings. The summed E-state index contributed by atoms with van der Waals surface area (Å²) in [6.07, 6.45) is 1.74. The number of benzene rings is 1. The fourth-order valence-electron chi connectivity index (χ4n) is 4.12. The Labute approximate surface area is 162 Å². The summed E-state index contributed by atoms with van der Waals surface area (Å²) < 4.78 is 6.14. The average Bonchev–Trinajstić information content (AvgIpc) is 3.27. The molecule has 4 rings (SSSR count). The van der Waals surface area contributed by atoms with Crippen LogP contribution in [0.2, 0.25) is 0 Å². The minimum absolute atomic E-state index is 0.0846. The summed E-state index contributed by atoms with van der Waals surface area (Å²) in [4.78, 5) is 45.4. The molecule has 0 aliphatic carbocycles. The Kier molecular flexibility index (Phi) is 4.77. The van der Waals surface area contributed by atoms with Crippen molar-refractivity contribution in [3.05, 3.63) is 41.2 Å². The standard InChI is InChI=1S/C20H21N3O5/c1-21-16-4-2-14(3-5-16)15-12-20(27-13-15)8-10-22(11-9-20)19(26)28-23-17(24)6-7-18(23)25/h2-5,15H,6-13H2. The Bertz CT molecular complexity index is 820. The lowest BCUT2D eigenvalue weighted by Crippen LogP contribution is -2.48. The van der Waals surface area contributed by atoms with E-state index < -0.39 is 17.9 Å². The zero-order chi connectivity index (χ0) is 19.7. The number of piperidine rings is 1. The summed E-state index contributed by atoms with van der Waals surface area (Å²) in [6.45, 7) is 8.58. The van der Waals surface area contributed by atoms with Crippen LogP contribution in [0.1, 0.15) is 43.6 Å². The van der Waals surface area contributed by atoms with Gasteiger partial charge in [-0.05, 0) is 24.8 Å². The van der Waals surface area contributed by atoms with E-state index in [4.69, 9.17) is 16.1 Å². The number of imide groups is 1. The van der Waals surface area contributed by atoms with Gasteiger partial charge in [-0.3, -0.25) is 9.59 Å². The lowest BCUT2D eigenvalue weighted by Gasteiger charge is -2.38. The summed E-state index contributed by atoms with van der Waals surface area (Å²) >= 11 is 0. The van der Waals surface area contributed by atoms with Crippen LogP contribution in [0, 0.1) is 6.57 Å². The van der Waals surface area contributed by atoms with Crippen LogP contribution in [0.25, 0.3) is 4.85 Å². The molecule has 3 aliphatic rings. The number of hydroxylamine groups is 2. The van der Waals surface area contributed by atoms with Gasteiger partial charge >= 0.3 is 6.09 Å². The molecule has 8 heteroatoms. The number of likely N-dealkylation sites (tertiary alicyclic amines) is 1. The molecule has 0 N–H and O–H groups in total. The molecule has 1 spiro atoms. The molecule has 3 saturated heterocycles. The van der Waals surface area contributed by atoms with Gasteiger partial charge in [0.15, 0.2) is 5.69 Å². The highest BCUT2D eigenvalue weighted by atomic mass is 16.7. The van der Waals surface area contributed by atoms with E-state index in [-0.39, 0.29) is 24.4 Å². The minimum Gasteiger partial charge on any atom is -0.374 e. The van der Waals surface area contributed by atoms with Crippen molar-refractivity contribution in [2.24, 2.45) is 0 Å². The first-order valence-electron chi connectivity index (χ1n) is 9.44. The number of hydrogen-bond donors (Lipinski definition) is 0. The predicted octanol–water partition coefficient (Wildman–Crippen LogP) is 2.78. The number of hydrogen-bond acceptors (Lipinski definition) is 5. The third-order valence-corrected chi connectivity index (χ3v) is 5.81. The quantitative estimate of drug-likeness (QED) is 0.579. The molecular formula is C20H21N3O5. The number of rotatable bonds is 2. The molecule has 0 radical (unpaired) electrons. The number of nitrogens with zero attached hydrogens (tertiary/aromatic N) is 3. The van der Waals surface area contributed by atoms with Crippen molar-refractivity contribution >= 4 is 23.6 Å². The maximum Gasteiger partial charge on any atom is 0.434 e. The summed E-state index contributed by atoms with van der Waals surface area (Å²) in [6, 6.07) is 7.62. The summed E-state index contributed by atoms with van der Waals surface area (Å²) in [5.74, 6) is -0.672. The van der Waals surface area contributed by atoms with Crippen molar-refractivity contribution in [3.8, 4) is 0 Å². The van der Waals surface area contributed by atoms with Gasteiger partial charge in [0.25, 0.3) is 11.8 Å². The third kappa shape index (κ3) is 3.45. The van der Waals surface area contributed by atoms with Crippen LogP contribution in [-0.4, -0.2) is 53.2 Å². The Balaban J connectivity index is 1.32. The lowest BCUT2D eigenvalue weighted by atomic mass is 9.83. The Morgan fingerprint density at radius 3 is 2.39 bits per heavy atom. The molecule has 3 fully saturated rings. The molecule has 3 amide bonds. The van der Waals surface area contributed by atoms with Crippen LogP contribution in [0.4, 0.5) is 10.5 Å². The monoisotopic (exact) mass is 383 g/mol. The number of ether oxygens (including phenoxy) is 1. The van der Waals surface area contributed by atoms with Gasteiger partial charge in [0.05, 0.1) is 18.8 Å². The van der Waals surface area contributed by atoms with E-state index in [1.165, 1.54) is 4.90 Å². The topological polar surface area (TPSA) is 80.5 Å². The van der Waals surface area contributed by atoms with E-state index in [1.54, 1.807) is 0 Å².